The molecule has 0 saturated heterocycles. The fourth-order valence-corrected chi connectivity index (χ4v) is 2.60. The van der Waals surface area contributed by atoms with Crippen LogP contribution in [-0.4, -0.2) is 27.2 Å². The molecule has 102 valence electrons. The zero-order chi connectivity index (χ0) is 14.3. The molecule has 3 aromatic rings. The minimum atomic E-state index is -1.18. The molecule has 20 heavy (non-hydrogen) atoms. The normalized spacial score (nSPS) is 10.8. The Hall–Kier alpha value is -2.61. The van der Waals surface area contributed by atoms with Gasteiger partial charge in [-0.15, -0.1) is 11.3 Å². The van der Waals surface area contributed by atoms with Crippen molar-refractivity contribution in [3.8, 4) is 0 Å². The van der Waals surface area contributed by atoms with Crippen molar-refractivity contribution in [1.82, 2.24) is 10.2 Å². The number of aromatic amines is 1. The zero-order valence-electron chi connectivity index (χ0n) is 10.3. The highest BCUT2D eigenvalue weighted by Crippen LogP contribution is 2.25. The number of rotatable bonds is 3. The predicted molar refractivity (Wildman–Crippen MR) is 72.3 cm³/mol. The van der Waals surface area contributed by atoms with Crippen LogP contribution in [0.1, 0.15) is 25.8 Å². The van der Waals surface area contributed by atoms with Gasteiger partial charge in [-0.3, -0.25) is 9.89 Å². The maximum Gasteiger partial charge on any atom is 0.371 e. The third-order valence-electron chi connectivity index (χ3n) is 2.75. The summed E-state index contributed by atoms with van der Waals surface area (Å²) in [6.07, 6.45) is 0. The second kappa shape index (κ2) is 4.49. The topological polar surface area (TPSA) is 108 Å². The molecule has 0 aliphatic heterocycles. The van der Waals surface area contributed by atoms with E-state index >= 15 is 0 Å². The van der Waals surface area contributed by atoms with E-state index in [0.717, 1.165) is 5.56 Å². The van der Waals surface area contributed by atoms with Crippen LogP contribution in [0.5, 0.6) is 0 Å². The van der Waals surface area contributed by atoms with Gasteiger partial charge in [-0.2, -0.15) is 5.10 Å². The Labute approximate surface area is 116 Å². The number of aromatic carboxylic acids is 1. The number of carboxylic acid groups (broad SMARTS) is 1. The number of fused-ring (bicyclic) bond motifs is 1. The fraction of sp³-hybridized carbons (Fsp3) is 0.0833. The van der Waals surface area contributed by atoms with E-state index in [2.05, 4.69) is 15.5 Å². The van der Waals surface area contributed by atoms with E-state index in [-0.39, 0.29) is 23.1 Å². The molecule has 0 radical (unpaired) electrons. The summed E-state index contributed by atoms with van der Waals surface area (Å²) in [6, 6.07) is 3.16. The molecule has 3 N–H and O–H groups in total. The molecule has 3 aromatic heterocycles. The Morgan fingerprint density at radius 3 is 2.95 bits per heavy atom. The van der Waals surface area contributed by atoms with Crippen LogP contribution in [0.2, 0.25) is 0 Å². The van der Waals surface area contributed by atoms with Crippen LogP contribution in [0.25, 0.3) is 11.1 Å². The first-order valence-corrected chi connectivity index (χ1v) is 6.51. The van der Waals surface area contributed by atoms with Crippen LogP contribution in [0.15, 0.2) is 21.9 Å². The molecule has 0 aliphatic rings. The van der Waals surface area contributed by atoms with Gasteiger partial charge in [0.2, 0.25) is 5.76 Å². The Bertz CT molecular complexity index is 814. The van der Waals surface area contributed by atoms with Crippen molar-refractivity contribution in [2.45, 2.75) is 6.92 Å². The first kappa shape index (κ1) is 12.4. The monoisotopic (exact) mass is 291 g/mol. The minimum absolute atomic E-state index is 0.172. The number of nitrogens with one attached hydrogen (secondary N) is 2. The number of hydrogen-bond donors (Lipinski definition) is 3. The van der Waals surface area contributed by atoms with Gasteiger partial charge in [-0.25, -0.2) is 4.79 Å². The molecule has 0 atom stereocenters. The van der Waals surface area contributed by atoms with Gasteiger partial charge in [0, 0.05) is 6.07 Å². The fourth-order valence-electron chi connectivity index (χ4n) is 1.78. The Morgan fingerprint density at radius 1 is 1.50 bits per heavy atom. The number of carbonyl (C=O) groups is 2. The Kier molecular flexibility index (Phi) is 2.79. The standard InChI is InChI=1S/C12H9N3O4S/c1-5-2-3-20-9(5)11(16)13-10-8-6(14-15-10)4-7(19-8)12(17)18/h2-4H,1H3,(H,17,18)(H2,13,14,15,16). The number of aromatic nitrogens is 2. The molecule has 0 saturated carbocycles. The number of aryl methyl sites for hydroxylation is 1. The van der Waals surface area contributed by atoms with Gasteiger partial charge in [0.15, 0.2) is 11.4 Å². The lowest BCUT2D eigenvalue weighted by Crippen LogP contribution is -2.11. The second-order valence-corrected chi connectivity index (χ2v) is 5.03. The zero-order valence-corrected chi connectivity index (χ0v) is 11.1. The van der Waals surface area contributed by atoms with Crippen LogP contribution in [0.3, 0.4) is 0 Å². The van der Waals surface area contributed by atoms with Gasteiger partial charge in [0.05, 0.1) is 4.88 Å². The number of nitrogens with zero attached hydrogens (tertiary/aromatic N) is 1. The van der Waals surface area contributed by atoms with E-state index in [4.69, 9.17) is 9.52 Å². The van der Waals surface area contributed by atoms with Gasteiger partial charge in [-0.1, -0.05) is 0 Å². The van der Waals surface area contributed by atoms with Crippen LogP contribution >= 0.6 is 11.3 Å². The Balaban J connectivity index is 1.93. The SMILES string of the molecule is Cc1ccsc1C(=O)Nc1n[nH]c2cc(C(=O)O)oc12. The second-order valence-electron chi connectivity index (χ2n) is 4.12. The summed E-state index contributed by atoms with van der Waals surface area (Å²) in [5.41, 5.74) is 1.50. The van der Waals surface area contributed by atoms with Crippen molar-refractivity contribution in [2.24, 2.45) is 0 Å². The molecule has 0 spiro atoms. The number of furan rings is 1. The number of thiophene rings is 1. The molecule has 1 amide bonds. The van der Waals surface area contributed by atoms with Gasteiger partial charge in [0.25, 0.3) is 5.91 Å². The summed E-state index contributed by atoms with van der Waals surface area (Å²) < 4.78 is 5.14. The molecule has 7 nitrogen and oxygen atoms in total. The summed E-state index contributed by atoms with van der Waals surface area (Å²) in [4.78, 5) is 23.5. The van der Waals surface area contributed by atoms with Crippen LogP contribution < -0.4 is 5.32 Å². The molecule has 0 aromatic carbocycles. The number of carboxylic acids is 1. The third-order valence-corrected chi connectivity index (χ3v) is 3.76. The number of anilines is 1. The Morgan fingerprint density at radius 2 is 2.30 bits per heavy atom. The van der Waals surface area contributed by atoms with Gasteiger partial charge in [-0.05, 0) is 23.9 Å². The summed E-state index contributed by atoms with van der Waals surface area (Å²) in [6.45, 7) is 1.83. The van der Waals surface area contributed by atoms with E-state index in [1.807, 2.05) is 18.4 Å². The molecular weight excluding hydrogens is 282 g/mol. The first-order valence-electron chi connectivity index (χ1n) is 5.63. The van der Waals surface area contributed by atoms with Crippen LogP contribution in [0, 0.1) is 6.92 Å². The quantitative estimate of drug-likeness (QED) is 0.687. The predicted octanol–water partition coefficient (Wildman–Crippen LogP) is 2.48. The number of carbonyl (C=O) groups excluding carboxylic acids is 1. The van der Waals surface area contributed by atoms with E-state index in [1.54, 1.807) is 0 Å². The molecule has 0 bridgehead atoms. The average Bonchev–Trinajstić information content (AvgIpc) is 3.05. The van der Waals surface area contributed by atoms with E-state index < -0.39 is 5.97 Å². The molecule has 8 heteroatoms. The largest absolute Gasteiger partial charge is 0.475 e. The lowest BCUT2D eigenvalue weighted by molar-refractivity contribution is 0.0665. The summed E-state index contributed by atoms with van der Waals surface area (Å²) in [7, 11) is 0. The van der Waals surface area contributed by atoms with Crippen molar-refractivity contribution < 1.29 is 19.1 Å². The smallest absolute Gasteiger partial charge is 0.371 e. The van der Waals surface area contributed by atoms with Crippen molar-refractivity contribution in [1.29, 1.82) is 0 Å². The molecule has 0 fully saturated rings. The van der Waals surface area contributed by atoms with Crippen LogP contribution in [0.4, 0.5) is 5.82 Å². The molecule has 0 unspecified atom stereocenters. The van der Waals surface area contributed by atoms with Crippen molar-refractivity contribution >= 4 is 40.1 Å². The molecule has 3 rings (SSSR count). The summed E-state index contributed by atoms with van der Waals surface area (Å²) >= 11 is 1.32. The summed E-state index contributed by atoms with van der Waals surface area (Å²) in [5.74, 6) is -1.53. The average molecular weight is 291 g/mol. The highest BCUT2D eigenvalue weighted by Gasteiger charge is 2.19. The lowest BCUT2D eigenvalue weighted by Gasteiger charge is -2.00. The van der Waals surface area contributed by atoms with Gasteiger partial charge in [0.1, 0.15) is 5.52 Å². The van der Waals surface area contributed by atoms with E-state index in [0.29, 0.717) is 10.4 Å². The maximum atomic E-state index is 12.1. The summed E-state index contributed by atoms with van der Waals surface area (Å²) in [5, 5.41) is 19.8. The maximum absolute atomic E-state index is 12.1. The van der Waals surface area contributed by atoms with Crippen LogP contribution in [-0.2, 0) is 0 Å². The third kappa shape index (κ3) is 1.95. The molecule has 3 heterocycles. The van der Waals surface area contributed by atoms with Crippen molar-refractivity contribution in [3.63, 3.8) is 0 Å². The first-order chi connectivity index (χ1) is 9.56. The minimum Gasteiger partial charge on any atom is -0.475 e. The van der Waals surface area contributed by atoms with Crippen molar-refractivity contribution in [2.75, 3.05) is 5.32 Å². The molecular formula is C12H9N3O4S. The number of amides is 1. The highest BCUT2D eigenvalue weighted by atomic mass is 32.1. The molecule has 0 aliphatic carbocycles. The van der Waals surface area contributed by atoms with Gasteiger partial charge >= 0.3 is 5.97 Å². The van der Waals surface area contributed by atoms with E-state index in [9.17, 15) is 9.59 Å². The highest BCUT2D eigenvalue weighted by molar-refractivity contribution is 7.12. The van der Waals surface area contributed by atoms with Crippen molar-refractivity contribution in [3.05, 3.63) is 33.7 Å². The lowest BCUT2D eigenvalue weighted by atomic mass is 10.3. The number of H-pyrrole nitrogens is 1. The number of hydrogen-bond acceptors (Lipinski definition) is 5. The van der Waals surface area contributed by atoms with Gasteiger partial charge < -0.3 is 14.8 Å². The van der Waals surface area contributed by atoms with E-state index in [1.165, 1.54) is 17.4 Å².